The first-order valence-electron chi connectivity index (χ1n) is 6.25. The summed E-state index contributed by atoms with van der Waals surface area (Å²) >= 11 is 0. The number of rotatable bonds is 1. The zero-order chi connectivity index (χ0) is 12.6. The highest BCUT2D eigenvalue weighted by molar-refractivity contribution is 5.92. The quantitative estimate of drug-likeness (QED) is 0.753. The van der Waals surface area contributed by atoms with E-state index in [0.29, 0.717) is 38.7 Å². The van der Waals surface area contributed by atoms with Crippen LogP contribution in [0.15, 0.2) is 16.5 Å². The third-order valence-corrected chi connectivity index (χ3v) is 3.68. The largest absolute Gasteiger partial charge is 0.456 e. The second-order valence-electron chi connectivity index (χ2n) is 4.95. The maximum absolute atomic E-state index is 12.5. The molecule has 5 heteroatoms. The van der Waals surface area contributed by atoms with Crippen LogP contribution in [0.3, 0.4) is 0 Å². The Bertz CT molecular complexity index is 448. The number of hydrogen-bond acceptors (Lipinski definition) is 4. The summed E-state index contributed by atoms with van der Waals surface area (Å²) in [5.74, 6) is 1.10. The van der Waals surface area contributed by atoms with Gasteiger partial charge in [-0.25, -0.2) is 0 Å². The molecule has 1 aromatic rings. The average Bonchev–Trinajstić information content (AvgIpc) is 2.99. The molecule has 0 saturated carbocycles. The Morgan fingerprint density at radius 1 is 1.28 bits per heavy atom. The number of hydrogen-bond donors (Lipinski definition) is 0. The van der Waals surface area contributed by atoms with E-state index in [2.05, 4.69) is 0 Å². The van der Waals surface area contributed by atoms with Crippen LogP contribution in [0.2, 0.25) is 0 Å². The monoisotopic (exact) mass is 251 g/mol. The van der Waals surface area contributed by atoms with Crippen LogP contribution in [-0.4, -0.2) is 49.3 Å². The predicted octanol–water partition coefficient (Wildman–Crippen LogP) is 1.22. The number of ether oxygens (including phenoxy) is 2. The number of aryl methyl sites for hydroxylation is 1. The summed E-state index contributed by atoms with van der Waals surface area (Å²) in [4.78, 5) is 14.4. The Morgan fingerprint density at radius 2 is 2.06 bits per heavy atom. The van der Waals surface area contributed by atoms with Crippen molar-refractivity contribution < 1.29 is 18.7 Å². The minimum Gasteiger partial charge on any atom is -0.456 e. The first-order valence-corrected chi connectivity index (χ1v) is 6.25. The minimum atomic E-state index is -0.296. The zero-order valence-electron chi connectivity index (χ0n) is 10.5. The molecule has 0 aromatic carbocycles. The van der Waals surface area contributed by atoms with Gasteiger partial charge in [0.25, 0.3) is 5.91 Å². The second kappa shape index (κ2) is 4.40. The number of furan rings is 1. The van der Waals surface area contributed by atoms with Crippen LogP contribution in [0, 0.1) is 6.92 Å². The number of carbonyl (C=O) groups excluding carboxylic acids is 1. The molecule has 3 rings (SSSR count). The van der Waals surface area contributed by atoms with E-state index in [1.807, 2.05) is 17.9 Å². The van der Waals surface area contributed by atoms with Crippen LogP contribution in [0.1, 0.15) is 22.7 Å². The molecule has 1 atom stereocenters. The molecular weight excluding hydrogens is 234 g/mol. The fraction of sp³-hybridized carbons (Fsp3) is 0.615. The van der Waals surface area contributed by atoms with Gasteiger partial charge in [-0.15, -0.1) is 0 Å². The number of nitrogens with zero attached hydrogens (tertiary/aromatic N) is 1. The molecule has 0 N–H and O–H groups in total. The molecule has 2 fully saturated rings. The van der Waals surface area contributed by atoms with Gasteiger partial charge < -0.3 is 18.8 Å². The summed E-state index contributed by atoms with van der Waals surface area (Å²) in [5, 5.41) is 0. The van der Waals surface area contributed by atoms with Crippen molar-refractivity contribution in [2.75, 3.05) is 33.0 Å². The van der Waals surface area contributed by atoms with Crippen LogP contribution < -0.4 is 0 Å². The lowest BCUT2D eigenvalue weighted by molar-refractivity contribution is -0.0561. The minimum absolute atomic E-state index is 0.0584. The maximum Gasteiger partial charge on any atom is 0.290 e. The smallest absolute Gasteiger partial charge is 0.290 e. The topological polar surface area (TPSA) is 51.9 Å². The molecule has 1 spiro atoms. The lowest BCUT2D eigenvalue weighted by Crippen LogP contribution is -2.59. The molecule has 98 valence electrons. The Balaban J connectivity index is 1.86. The highest BCUT2D eigenvalue weighted by Gasteiger charge is 2.46. The highest BCUT2D eigenvalue weighted by atomic mass is 16.5. The van der Waals surface area contributed by atoms with Gasteiger partial charge in [0.15, 0.2) is 5.76 Å². The molecule has 3 heterocycles. The lowest BCUT2D eigenvalue weighted by Gasteiger charge is -2.43. The molecule has 5 nitrogen and oxygen atoms in total. The van der Waals surface area contributed by atoms with Crippen LogP contribution in [0.4, 0.5) is 0 Å². The molecule has 2 aliphatic rings. The molecular formula is C13H17NO4. The van der Waals surface area contributed by atoms with Crippen molar-refractivity contribution in [3.8, 4) is 0 Å². The number of morpholine rings is 1. The number of carbonyl (C=O) groups is 1. The summed E-state index contributed by atoms with van der Waals surface area (Å²) in [5.41, 5.74) is -0.296. The average molecular weight is 251 g/mol. The van der Waals surface area contributed by atoms with Crippen LogP contribution in [0.5, 0.6) is 0 Å². The highest BCUT2D eigenvalue weighted by Crippen LogP contribution is 2.30. The van der Waals surface area contributed by atoms with Crippen molar-refractivity contribution >= 4 is 5.91 Å². The summed E-state index contributed by atoms with van der Waals surface area (Å²) in [6.45, 7) is 4.81. The van der Waals surface area contributed by atoms with Gasteiger partial charge in [-0.2, -0.15) is 0 Å². The van der Waals surface area contributed by atoms with Gasteiger partial charge in [0.05, 0.1) is 25.4 Å². The van der Waals surface area contributed by atoms with Crippen molar-refractivity contribution in [2.45, 2.75) is 18.9 Å². The van der Waals surface area contributed by atoms with Crippen LogP contribution >= 0.6 is 0 Å². The van der Waals surface area contributed by atoms with Gasteiger partial charge >= 0.3 is 0 Å². The Kier molecular flexibility index (Phi) is 2.87. The van der Waals surface area contributed by atoms with Crippen molar-refractivity contribution in [1.29, 1.82) is 0 Å². The molecule has 0 unspecified atom stereocenters. The van der Waals surface area contributed by atoms with E-state index in [4.69, 9.17) is 13.9 Å². The van der Waals surface area contributed by atoms with Gasteiger partial charge in [-0.1, -0.05) is 0 Å². The van der Waals surface area contributed by atoms with E-state index in [0.717, 1.165) is 12.2 Å². The molecule has 1 amide bonds. The van der Waals surface area contributed by atoms with Crippen LogP contribution in [0.25, 0.3) is 0 Å². The zero-order valence-corrected chi connectivity index (χ0v) is 10.5. The third kappa shape index (κ3) is 1.83. The van der Waals surface area contributed by atoms with Crippen molar-refractivity contribution in [3.63, 3.8) is 0 Å². The Labute approximate surface area is 106 Å². The maximum atomic E-state index is 12.5. The summed E-state index contributed by atoms with van der Waals surface area (Å²) < 4.78 is 16.4. The SMILES string of the molecule is Cc1ccc(C(=O)N2CCOC[C@]23CCOC3)o1. The Morgan fingerprint density at radius 3 is 2.72 bits per heavy atom. The van der Waals surface area contributed by atoms with Crippen molar-refractivity contribution in [3.05, 3.63) is 23.7 Å². The molecule has 0 radical (unpaired) electrons. The summed E-state index contributed by atoms with van der Waals surface area (Å²) in [6, 6.07) is 3.54. The van der Waals surface area contributed by atoms with Crippen LogP contribution in [-0.2, 0) is 9.47 Å². The molecule has 18 heavy (non-hydrogen) atoms. The van der Waals surface area contributed by atoms with E-state index in [-0.39, 0.29) is 11.4 Å². The fourth-order valence-corrected chi connectivity index (χ4v) is 2.66. The van der Waals surface area contributed by atoms with Gasteiger partial charge in [0, 0.05) is 13.2 Å². The predicted molar refractivity (Wildman–Crippen MR) is 63.5 cm³/mol. The van der Waals surface area contributed by atoms with Gasteiger partial charge in [0.1, 0.15) is 5.76 Å². The third-order valence-electron chi connectivity index (χ3n) is 3.68. The van der Waals surface area contributed by atoms with E-state index in [1.165, 1.54) is 0 Å². The first kappa shape index (κ1) is 11.7. The first-order chi connectivity index (χ1) is 8.71. The van der Waals surface area contributed by atoms with E-state index < -0.39 is 0 Å². The van der Waals surface area contributed by atoms with E-state index in [9.17, 15) is 4.79 Å². The molecule has 2 saturated heterocycles. The van der Waals surface area contributed by atoms with Crippen molar-refractivity contribution in [1.82, 2.24) is 4.90 Å². The normalized spacial score (nSPS) is 27.9. The van der Waals surface area contributed by atoms with Gasteiger partial charge in [0.2, 0.25) is 0 Å². The Hall–Kier alpha value is -1.33. The van der Waals surface area contributed by atoms with E-state index >= 15 is 0 Å². The van der Waals surface area contributed by atoms with Gasteiger partial charge in [-0.05, 0) is 25.5 Å². The summed E-state index contributed by atoms with van der Waals surface area (Å²) in [6.07, 6.45) is 0.832. The lowest BCUT2D eigenvalue weighted by atomic mass is 9.95. The number of amides is 1. The van der Waals surface area contributed by atoms with Crippen molar-refractivity contribution in [2.24, 2.45) is 0 Å². The molecule has 0 bridgehead atoms. The van der Waals surface area contributed by atoms with E-state index in [1.54, 1.807) is 6.07 Å². The summed E-state index contributed by atoms with van der Waals surface area (Å²) in [7, 11) is 0. The molecule has 0 aliphatic carbocycles. The second-order valence-corrected chi connectivity index (χ2v) is 4.95. The molecule has 1 aromatic heterocycles. The van der Waals surface area contributed by atoms with Gasteiger partial charge in [-0.3, -0.25) is 4.79 Å². The fourth-order valence-electron chi connectivity index (χ4n) is 2.66. The molecule has 2 aliphatic heterocycles. The standard InChI is InChI=1S/C13H17NO4/c1-10-2-3-11(18-10)12(15)14-5-7-17-9-13(14)4-6-16-8-13/h2-3H,4-9H2,1H3/t13-/m1/s1.